The largest absolute Gasteiger partial charge is 0.328 e. The van der Waals surface area contributed by atoms with Gasteiger partial charge in [0.05, 0.1) is 0 Å². The van der Waals surface area contributed by atoms with E-state index in [0.717, 1.165) is 0 Å². The quantitative estimate of drug-likeness (QED) is 0.547. The summed E-state index contributed by atoms with van der Waals surface area (Å²) in [4.78, 5) is 0. The number of rotatable bonds is 2. The van der Waals surface area contributed by atoms with Gasteiger partial charge in [0.25, 0.3) is 0 Å². The summed E-state index contributed by atoms with van der Waals surface area (Å²) in [5, 5.41) is 0. The standard InChI is InChI=1S/C5H10FN/c1-4(6)3-5(2)7/h4-5H,1-3,7H2. The molecule has 2 unspecified atom stereocenters. The molecule has 2 heteroatoms. The van der Waals surface area contributed by atoms with E-state index in [1.807, 2.05) is 0 Å². The highest BCUT2D eigenvalue weighted by Gasteiger charge is 2.00. The first-order valence-corrected chi connectivity index (χ1v) is 2.18. The molecule has 2 N–H and O–H groups in total. The maximum absolute atomic E-state index is 11.7. The molecule has 0 rings (SSSR count). The summed E-state index contributed by atoms with van der Waals surface area (Å²) in [6.07, 6.45) is -0.813. The lowest BCUT2D eigenvalue weighted by atomic mass is 10.2. The minimum absolute atomic E-state index is 0.250. The van der Waals surface area contributed by atoms with Crippen molar-refractivity contribution >= 4 is 0 Å². The molecule has 0 fully saturated rings. The Kier molecular flexibility index (Phi) is 2.92. The van der Waals surface area contributed by atoms with Crippen molar-refractivity contribution < 1.29 is 4.39 Å². The van der Waals surface area contributed by atoms with Gasteiger partial charge in [0.15, 0.2) is 0 Å². The van der Waals surface area contributed by atoms with E-state index in [-0.39, 0.29) is 12.5 Å². The van der Waals surface area contributed by atoms with E-state index >= 15 is 0 Å². The minimum Gasteiger partial charge on any atom is -0.328 e. The molecule has 42 valence electrons. The highest BCUT2D eigenvalue weighted by molar-refractivity contribution is 4.69. The van der Waals surface area contributed by atoms with Crippen LogP contribution in [0.4, 0.5) is 4.39 Å². The maximum Gasteiger partial charge on any atom is 0.102 e. The zero-order valence-electron chi connectivity index (χ0n) is 4.23. The summed E-state index contributed by atoms with van der Waals surface area (Å²) in [5.74, 6) is 0. The first-order chi connectivity index (χ1) is 3.13. The highest BCUT2D eigenvalue weighted by atomic mass is 19.1. The SMILES string of the molecule is [CH2]C(N)CC([CH2])F. The molecular weight excluding hydrogens is 93.1 g/mol. The normalized spacial score (nSPS) is 18.9. The lowest BCUT2D eigenvalue weighted by molar-refractivity contribution is 0.364. The summed E-state index contributed by atoms with van der Waals surface area (Å²) in [6.45, 7) is 6.47. The number of halogens is 1. The van der Waals surface area contributed by atoms with Crippen LogP contribution in [0.1, 0.15) is 6.42 Å². The fraction of sp³-hybridized carbons (Fsp3) is 0.600. The molecule has 0 bridgehead atoms. The summed E-state index contributed by atoms with van der Waals surface area (Å²) in [5.41, 5.74) is 5.10. The van der Waals surface area contributed by atoms with Crippen LogP contribution in [-0.4, -0.2) is 12.2 Å². The van der Waals surface area contributed by atoms with Gasteiger partial charge in [-0.25, -0.2) is 4.39 Å². The average molecular weight is 103 g/mol. The van der Waals surface area contributed by atoms with Gasteiger partial charge >= 0.3 is 0 Å². The number of alkyl halides is 1. The van der Waals surface area contributed by atoms with Crippen LogP contribution in [0.15, 0.2) is 0 Å². The maximum atomic E-state index is 11.7. The van der Waals surface area contributed by atoms with Crippen LogP contribution in [0, 0.1) is 13.8 Å². The summed E-state index contributed by atoms with van der Waals surface area (Å²) >= 11 is 0. The molecular formula is C5H10FN. The second kappa shape index (κ2) is 2.97. The zero-order valence-corrected chi connectivity index (χ0v) is 4.23. The minimum atomic E-state index is -1.06. The van der Waals surface area contributed by atoms with Gasteiger partial charge in [-0.2, -0.15) is 0 Å². The van der Waals surface area contributed by atoms with Crippen molar-refractivity contribution in [3.05, 3.63) is 13.8 Å². The summed E-state index contributed by atoms with van der Waals surface area (Å²) in [7, 11) is 0. The second-order valence-corrected chi connectivity index (χ2v) is 1.59. The molecule has 0 saturated carbocycles. The Morgan fingerprint density at radius 3 is 2.00 bits per heavy atom. The predicted molar refractivity (Wildman–Crippen MR) is 28.2 cm³/mol. The van der Waals surface area contributed by atoms with Crippen LogP contribution in [0.5, 0.6) is 0 Å². The van der Waals surface area contributed by atoms with E-state index in [9.17, 15) is 4.39 Å². The monoisotopic (exact) mass is 103 g/mol. The molecule has 7 heavy (non-hydrogen) atoms. The first-order valence-electron chi connectivity index (χ1n) is 2.18. The van der Waals surface area contributed by atoms with Gasteiger partial charge < -0.3 is 5.73 Å². The number of nitrogens with two attached hydrogens (primary N) is 1. The molecule has 0 aromatic carbocycles. The topological polar surface area (TPSA) is 26.0 Å². The molecule has 0 aliphatic carbocycles. The predicted octanol–water partition coefficient (Wildman–Crippen LogP) is 0.710. The Labute approximate surface area is 43.7 Å². The fourth-order valence-corrected chi connectivity index (χ4v) is 0.329. The molecule has 0 aliphatic rings. The van der Waals surface area contributed by atoms with E-state index in [2.05, 4.69) is 13.8 Å². The lowest BCUT2D eigenvalue weighted by Gasteiger charge is -2.02. The smallest absolute Gasteiger partial charge is 0.102 e. The molecule has 0 aromatic rings. The first kappa shape index (κ1) is 6.89. The second-order valence-electron chi connectivity index (χ2n) is 1.59. The van der Waals surface area contributed by atoms with Crippen molar-refractivity contribution in [3.8, 4) is 0 Å². The Hall–Kier alpha value is -0.110. The van der Waals surface area contributed by atoms with Gasteiger partial charge in [-0.3, -0.25) is 0 Å². The van der Waals surface area contributed by atoms with Crippen molar-refractivity contribution in [1.82, 2.24) is 0 Å². The Morgan fingerprint density at radius 2 is 2.00 bits per heavy atom. The van der Waals surface area contributed by atoms with Gasteiger partial charge in [0.2, 0.25) is 0 Å². The summed E-state index contributed by atoms with van der Waals surface area (Å²) in [6, 6.07) is -0.313. The van der Waals surface area contributed by atoms with Crippen molar-refractivity contribution in [2.45, 2.75) is 18.6 Å². The van der Waals surface area contributed by atoms with Crippen molar-refractivity contribution in [3.63, 3.8) is 0 Å². The Balaban J connectivity index is 2.95. The molecule has 0 aliphatic heterocycles. The molecule has 0 aromatic heterocycles. The third-order valence-electron chi connectivity index (χ3n) is 0.559. The molecule has 0 spiro atoms. The molecule has 0 heterocycles. The van der Waals surface area contributed by atoms with Crippen molar-refractivity contribution in [2.75, 3.05) is 0 Å². The fourth-order valence-electron chi connectivity index (χ4n) is 0.329. The van der Waals surface area contributed by atoms with E-state index in [0.29, 0.717) is 0 Å². The molecule has 0 saturated heterocycles. The van der Waals surface area contributed by atoms with Crippen molar-refractivity contribution in [2.24, 2.45) is 5.73 Å². The molecule has 2 atom stereocenters. The van der Waals surface area contributed by atoms with Gasteiger partial charge in [-0.1, -0.05) is 0 Å². The van der Waals surface area contributed by atoms with E-state index in [4.69, 9.17) is 5.73 Å². The summed E-state index contributed by atoms with van der Waals surface area (Å²) < 4.78 is 11.7. The van der Waals surface area contributed by atoms with Gasteiger partial charge in [-0.15, -0.1) is 0 Å². The van der Waals surface area contributed by atoms with Crippen LogP contribution in [0.3, 0.4) is 0 Å². The van der Waals surface area contributed by atoms with Gasteiger partial charge in [0.1, 0.15) is 6.17 Å². The van der Waals surface area contributed by atoms with Gasteiger partial charge in [0, 0.05) is 6.04 Å². The molecule has 1 nitrogen and oxygen atoms in total. The lowest BCUT2D eigenvalue weighted by Crippen LogP contribution is -2.18. The Morgan fingerprint density at radius 1 is 1.57 bits per heavy atom. The van der Waals surface area contributed by atoms with E-state index in [1.54, 1.807) is 0 Å². The average Bonchev–Trinajstić information content (AvgIpc) is 1.27. The van der Waals surface area contributed by atoms with Gasteiger partial charge in [-0.05, 0) is 20.3 Å². The van der Waals surface area contributed by atoms with E-state index < -0.39 is 6.17 Å². The van der Waals surface area contributed by atoms with Crippen LogP contribution < -0.4 is 5.73 Å². The molecule has 0 amide bonds. The van der Waals surface area contributed by atoms with Crippen LogP contribution in [0.25, 0.3) is 0 Å². The van der Waals surface area contributed by atoms with Crippen LogP contribution in [-0.2, 0) is 0 Å². The Bertz CT molecular complexity index is 37.3. The molecule has 2 radical (unpaired) electrons. The van der Waals surface area contributed by atoms with Crippen molar-refractivity contribution in [1.29, 1.82) is 0 Å². The van der Waals surface area contributed by atoms with Crippen LogP contribution >= 0.6 is 0 Å². The van der Waals surface area contributed by atoms with Crippen LogP contribution in [0.2, 0.25) is 0 Å². The van der Waals surface area contributed by atoms with E-state index in [1.165, 1.54) is 0 Å². The third kappa shape index (κ3) is 5.89. The number of hydrogen-bond acceptors (Lipinski definition) is 1. The third-order valence-corrected chi connectivity index (χ3v) is 0.559. The highest BCUT2D eigenvalue weighted by Crippen LogP contribution is 1.96. The zero-order chi connectivity index (χ0) is 5.86. The number of hydrogen-bond donors (Lipinski definition) is 1.